The molecule has 1 saturated carbocycles. The van der Waals surface area contributed by atoms with Gasteiger partial charge in [-0.05, 0) is 46.0 Å². The molecule has 0 aromatic heterocycles. The SMILES string of the molecule is CC1CC1NCc1ccc(Br)c(F)c1. The van der Waals surface area contributed by atoms with Crippen LogP contribution >= 0.6 is 15.9 Å². The largest absolute Gasteiger partial charge is 0.310 e. The number of hydrogen-bond acceptors (Lipinski definition) is 1. The fourth-order valence-corrected chi connectivity index (χ4v) is 1.75. The highest BCUT2D eigenvalue weighted by Gasteiger charge is 2.31. The molecule has 0 bridgehead atoms. The van der Waals surface area contributed by atoms with Crippen LogP contribution in [-0.4, -0.2) is 6.04 Å². The van der Waals surface area contributed by atoms with Crippen LogP contribution in [0.3, 0.4) is 0 Å². The standard InChI is InChI=1S/C11H13BrFN/c1-7-4-11(7)14-6-8-2-3-9(12)10(13)5-8/h2-3,5,7,11,14H,4,6H2,1H3. The predicted molar refractivity (Wildman–Crippen MR) is 58.5 cm³/mol. The average molecular weight is 258 g/mol. The van der Waals surface area contributed by atoms with Gasteiger partial charge in [-0.15, -0.1) is 0 Å². The first kappa shape index (κ1) is 10.1. The molecule has 0 saturated heterocycles. The zero-order chi connectivity index (χ0) is 10.1. The molecule has 2 atom stereocenters. The van der Waals surface area contributed by atoms with Gasteiger partial charge in [-0.25, -0.2) is 4.39 Å². The lowest BCUT2D eigenvalue weighted by Crippen LogP contribution is -2.17. The summed E-state index contributed by atoms with van der Waals surface area (Å²) in [5.74, 6) is 0.600. The Labute approximate surface area is 91.8 Å². The van der Waals surface area contributed by atoms with Crippen LogP contribution in [0.2, 0.25) is 0 Å². The lowest BCUT2D eigenvalue weighted by atomic mass is 10.2. The summed E-state index contributed by atoms with van der Waals surface area (Å²) in [6.07, 6.45) is 1.25. The fraction of sp³-hybridized carbons (Fsp3) is 0.455. The third-order valence-corrected chi connectivity index (χ3v) is 3.30. The van der Waals surface area contributed by atoms with Crippen molar-refractivity contribution in [3.63, 3.8) is 0 Å². The summed E-state index contributed by atoms with van der Waals surface area (Å²) in [5, 5.41) is 3.39. The Morgan fingerprint density at radius 1 is 1.57 bits per heavy atom. The van der Waals surface area contributed by atoms with E-state index in [1.54, 1.807) is 12.1 Å². The molecule has 1 aromatic rings. The van der Waals surface area contributed by atoms with Crippen LogP contribution < -0.4 is 5.32 Å². The zero-order valence-electron chi connectivity index (χ0n) is 8.06. The van der Waals surface area contributed by atoms with Crippen molar-refractivity contribution in [2.45, 2.75) is 25.9 Å². The molecule has 1 N–H and O–H groups in total. The number of rotatable bonds is 3. The first-order chi connectivity index (χ1) is 6.66. The minimum Gasteiger partial charge on any atom is -0.310 e. The summed E-state index contributed by atoms with van der Waals surface area (Å²) in [4.78, 5) is 0. The van der Waals surface area contributed by atoms with Crippen molar-refractivity contribution in [2.75, 3.05) is 0 Å². The molecule has 0 heterocycles. The first-order valence-electron chi connectivity index (χ1n) is 4.84. The zero-order valence-corrected chi connectivity index (χ0v) is 9.64. The van der Waals surface area contributed by atoms with Gasteiger partial charge < -0.3 is 5.32 Å². The van der Waals surface area contributed by atoms with E-state index < -0.39 is 0 Å². The third kappa shape index (κ3) is 2.34. The molecule has 1 fully saturated rings. The molecule has 0 spiro atoms. The maximum absolute atomic E-state index is 13.1. The van der Waals surface area contributed by atoms with E-state index in [2.05, 4.69) is 28.2 Å². The van der Waals surface area contributed by atoms with Gasteiger partial charge >= 0.3 is 0 Å². The van der Waals surface area contributed by atoms with Gasteiger partial charge in [-0.3, -0.25) is 0 Å². The van der Waals surface area contributed by atoms with Crippen molar-refractivity contribution in [3.8, 4) is 0 Å². The predicted octanol–water partition coefficient (Wildman–Crippen LogP) is 3.09. The monoisotopic (exact) mass is 257 g/mol. The normalized spacial score (nSPS) is 25.1. The second-order valence-electron chi connectivity index (χ2n) is 3.95. The molecule has 0 radical (unpaired) electrons. The van der Waals surface area contributed by atoms with Gasteiger partial charge in [-0.1, -0.05) is 13.0 Å². The Morgan fingerprint density at radius 3 is 2.86 bits per heavy atom. The average Bonchev–Trinajstić information content (AvgIpc) is 2.85. The fourth-order valence-electron chi connectivity index (χ4n) is 1.51. The second-order valence-corrected chi connectivity index (χ2v) is 4.80. The van der Waals surface area contributed by atoms with Gasteiger partial charge in [0, 0.05) is 12.6 Å². The van der Waals surface area contributed by atoms with E-state index in [1.807, 2.05) is 6.07 Å². The third-order valence-electron chi connectivity index (χ3n) is 2.66. The first-order valence-corrected chi connectivity index (χ1v) is 5.63. The molecule has 14 heavy (non-hydrogen) atoms. The molecule has 3 heteroatoms. The number of halogens is 2. The summed E-state index contributed by atoms with van der Waals surface area (Å²) in [6, 6.07) is 5.90. The van der Waals surface area contributed by atoms with Crippen LogP contribution in [0.4, 0.5) is 4.39 Å². The summed E-state index contributed by atoms with van der Waals surface area (Å²) in [5.41, 5.74) is 1.00. The topological polar surface area (TPSA) is 12.0 Å². The van der Waals surface area contributed by atoms with Crippen LogP contribution in [0.25, 0.3) is 0 Å². The molecule has 2 rings (SSSR count). The van der Waals surface area contributed by atoms with E-state index in [0.29, 0.717) is 10.5 Å². The Hall–Kier alpha value is -0.410. The molecule has 1 nitrogen and oxygen atoms in total. The van der Waals surface area contributed by atoms with Crippen molar-refractivity contribution in [3.05, 3.63) is 34.1 Å². The quantitative estimate of drug-likeness (QED) is 0.878. The van der Waals surface area contributed by atoms with Gasteiger partial charge in [0.15, 0.2) is 0 Å². The Kier molecular flexibility index (Phi) is 2.88. The van der Waals surface area contributed by atoms with Crippen molar-refractivity contribution in [1.82, 2.24) is 5.32 Å². The van der Waals surface area contributed by atoms with Gasteiger partial charge in [0.1, 0.15) is 5.82 Å². The minimum absolute atomic E-state index is 0.187. The highest BCUT2D eigenvalue weighted by molar-refractivity contribution is 9.10. The van der Waals surface area contributed by atoms with Crippen LogP contribution in [0.5, 0.6) is 0 Å². The summed E-state index contributed by atoms with van der Waals surface area (Å²) >= 11 is 3.14. The summed E-state index contributed by atoms with van der Waals surface area (Å²) in [6.45, 7) is 2.99. The van der Waals surface area contributed by atoms with E-state index >= 15 is 0 Å². The van der Waals surface area contributed by atoms with E-state index in [4.69, 9.17) is 0 Å². The molecule has 0 amide bonds. The molecule has 76 valence electrons. The lowest BCUT2D eigenvalue weighted by Gasteiger charge is -2.04. The molecule has 1 aliphatic rings. The van der Waals surface area contributed by atoms with Gasteiger partial charge in [0.05, 0.1) is 4.47 Å². The Bertz CT molecular complexity index is 340. The highest BCUT2D eigenvalue weighted by Crippen LogP contribution is 2.29. The molecule has 1 aromatic carbocycles. The number of nitrogens with one attached hydrogen (secondary N) is 1. The van der Waals surface area contributed by atoms with Crippen LogP contribution in [0.1, 0.15) is 18.9 Å². The number of benzene rings is 1. The van der Waals surface area contributed by atoms with Gasteiger partial charge in [0.2, 0.25) is 0 Å². The number of hydrogen-bond donors (Lipinski definition) is 1. The highest BCUT2D eigenvalue weighted by atomic mass is 79.9. The molecular formula is C11H13BrFN. The van der Waals surface area contributed by atoms with E-state index in [0.717, 1.165) is 18.0 Å². The van der Waals surface area contributed by atoms with Crippen LogP contribution in [0.15, 0.2) is 22.7 Å². The second kappa shape index (κ2) is 3.99. The lowest BCUT2D eigenvalue weighted by molar-refractivity contribution is 0.610. The van der Waals surface area contributed by atoms with Crippen molar-refractivity contribution in [1.29, 1.82) is 0 Å². The van der Waals surface area contributed by atoms with Crippen molar-refractivity contribution >= 4 is 15.9 Å². The van der Waals surface area contributed by atoms with E-state index in [1.165, 1.54) is 6.42 Å². The summed E-state index contributed by atoms with van der Waals surface area (Å²) < 4.78 is 13.7. The smallest absolute Gasteiger partial charge is 0.137 e. The van der Waals surface area contributed by atoms with Crippen LogP contribution in [0, 0.1) is 11.7 Å². The summed E-state index contributed by atoms with van der Waals surface area (Å²) in [7, 11) is 0. The maximum Gasteiger partial charge on any atom is 0.137 e. The van der Waals surface area contributed by atoms with E-state index in [9.17, 15) is 4.39 Å². The Morgan fingerprint density at radius 2 is 2.29 bits per heavy atom. The van der Waals surface area contributed by atoms with Gasteiger partial charge in [0.25, 0.3) is 0 Å². The molecular weight excluding hydrogens is 245 g/mol. The van der Waals surface area contributed by atoms with Gasteiger partial charge in [-0.2, -0.15) is 0 Å². The van der Waals surface area contributed by atoms with E-state index in [-0.39, 0.29) is 5.82 Å². The molecule has 0 aliphatic heterocycles. The Balaban J connectivity index is 1.92. The minimum atomic E-state index is -0.187. The molecule has 2 unspecified atom stereocenters. The van der Waals surface area contributed by atoms with Crippen molar-refractivity contribution in [2.24, 2.45) is 5.92 Å². The van der Waals surface area contributed by atoms with Crippen molar-refractivity contribution < 1.29 is 4.39 Å². The maximum atomic E-state index is 13.1. The molecule has 1 aliphatic carbocycles. The van der Waals surface area contributed by atoms with Crippen LogP contribution in [-0.2, 0) is 6.54 Å².